The molecular weight excluding hydrogens is 380 g/mol. The summed E-state index contributed by atoms with van der Waals surface area (Å²) in [6.07, 6.45) is 1.14. The molecule has 0 bridgehead atoms. The quantitative estimate of drug-likeness (QED) is 0.825. The van der Waals surface area contributed by atoms with Gasteiger partial charge in [-0.05, 0) is 38.0 Å². The van der Waals surface area contributed by atoms with Gasteiger partial charge in [-0.1, -0.05) is 17.7 Å². The van der Waals surface area contributed by atoms with Crippen molar-refractivity contribution in [3.63, 3.8) is 0 Å². The normalized spacial score (nSPS) is 16.4. The third kappa shape index (κ3) is 4.59. The molecule has 1 saturated heterocycles. The zero-order valence-electron chi connectivity index (χ0n) is 15.9. The molecule has 1 fully saturated rings. The number of carbonyl (C=O) groups excluding carboxylic acids is 3. The number of anilines is 1. The van der Waals surface area contributed by atoms with E-state index in [-0.39, 0.29) is 18.1 Å². The first-order valence-corrected chi connectivity index (χ1v) is 9.22. The zero-order valence-corrected chi connectivity index (χ0v) is 15.9. The van der Waals surface area contributed by atoms with Crippen LogP contribution in [0.2, 0.25) is 0 Å². The molecular formula is C21H21F2N3O3. The molecule has 1 heterocycles. The van der Waals surface area contributed by atoms with Crippen LogP contribution in [0.25, 0.3) is 0 Å². The van der Waals surface area contributed by atoms with Gasteiger partial charge in [-0.15, -0.1) is 0 Å². The van der Waals surface area contributed by atoms with Gasteiger partial charge in [-0.3, -0.25) is 14.4 Å². The molecule has 1 aliphatic heterocycles. The minimum absolute atomic E-state index is 0.175. The first-order chi connectivity index (χ1) is 13.8. The van der Waals surface area contributed by atoms with Crippen LogP contribution in [0.3, 0.4) is 0 Å². The first-order valence-electron chi connectivity index (χ1n) is 9.22. The van der Waals surface area contributed by atoms with Gasteiger partial charge in [0.2, 0.25) is 5.91 Å². The lowest BCUT2D eigenvalue weighted by atomic mass is 9.96. The molecule has 1 unspecified atom stereocenters. The Kier molecular flexibility index (Phi) is 5.91. The number of nitrogens with zero attached hydrogens (tertiary/aromatic N) is 1. The third-order valence-corrected chi connectivity index (χ3v) is 4.96. The van der Waals surface area contributed by atoms with Crippen molar-refractivity contribution in [2.75, 3.05) is 18.4 Å². The van der Waals surface area contributed by atoms with E-state index in [4.69, 9.17) is 5.73 Å². The Balaban J connectivity index is 1.71. The van der Waals surface area contributed by atoms with Crippen LogP contribution in [0.1, 0.15) is 39.1 Å². The Bertz CT molecular complexity index is 960. The number of nitrogens with two attached hydrogens (primary N) is 1. The SMILES string of the molecule is Cc1ccc(C(=O)N2CCCC(C(=O)Nc3cc(C(N)=O)c(F)cc3F)C2)cc1. The highest BCUT2D eigenvalue weighted by Crippen LogP contribution is 2.23. The van der Waals surface area contributed by atoms with Gasteiger partial charge < -0.3 is 16.0 Å². The van der Waals surface area contributed by atoms with Crippen LogP contribution in [-0.4, -0.2) is 35.7 Å². The second kappa shape index (κ2) is 8.38. The number of benzene rings is 2. The lowest BCUT2D eigenvalue weighted by Crippen LogP contribution is -2.43. The number of hydrogen-bond donors (Lipinski definition) is 2. The van der Waals surface area contributed by atoms with Crippen LogP contribution < -0.4 is 11.1 Å². The van der Waals surface area contributed by atoms with E-state index in [1.807, 2.05) is 19.1 Å². The monoisotopic (exact) mass is 401 g/mol. The maximum absolute atomic E-state index is 14.0. The van der Waals surface area contributed by atoms with E-state index < -0.39 is 34.9 Å². The number of nitrogens with one attached hydrogen (secondary N) is 1. The van der Waals surface area contributed by atoms with Crippen LogP contribution >= 0.6 is 0 Å². The van der Waals surface area contributed by atoms with Gasteiger partial charge in [0.15, 0.2) is 0 Å². The van der Waals surface area contributed by atoms with Gasteiger partial charge in [0.1, 0.15) is 11.6 Å². The van der Waals surface area contributed by atoms with Crippen molar-refractivity contribution < 1.29 is 23.2 Å². The number of hydrogen-bond acceptors (Lipinski definition) is 3. The molecule has 152 valence electrons. The largest absolute Gasteiger partial charge is 0.366 e. The molecule has 2 aromatic rings. The topological polar surface area (TPSA) is 92.5 Å². The van der Waals surface area contributed by atoms with E-state index in [1.165, 1.54) is 0 Å². The summed E-state index contributed by atoms with van der Waals surface area (Å²) in [6, 6.07) is 8.54. The second-order valence-corrected chi connectivity index (χ2v) is 7.12. The van der Waals surface area contributed by atoms with Crippen LogP contribution in [-0.2, 0) is 4.79 Å². The summed E-state index contributed by atoms with van der Waals surface area (Å²) in [6.45, 7) is 2.63. The Labute approximate surface area is 166 Å². The fraction of sp³-hybridized carbons (Fsp3) is 0.286. The van der Waals surface area contributed by atoms with Gasteiger partial charge in [-0.2, -0.15) is 0 Å². The molecule has 3 N–H and O–H groups in total. The molecule has 29 heavy (non-hydrogen) atoms. The van der Waals surface area contributed by atoms with Crippen molar-refractivity contribution in [2.24, 2.45) is 11.7 Å². The smallest absolute Gasteiger partial charge is 0.253 e. The summed E-state index contributed by atoms with van der Waals surface area (Å²) in [7, 11) is 0. The van der Waals surface area contributed by atoms with Crippen LogP contribution in [0.5, 0.6) is 0 Å². The van der Waals surface area contributed by atoms with Gasteiger partial charge in [0, 0.05) is 24.7 Å². The Morgan fingerprint density at radius 2 is 1.79 bits per heavy atom. The maximum Gasteiger partial charge on any atom is 0.253 e. The summed E-state index contributed by atoms with van der Waals surface area (Å²) < 4.78 is 27.6. The Morgan fingerprint density at radius 1 is 1.10 bits per heavy atom. The van der Waals surface area contributed by atoms with Crippen molar-refractivity contribution in [2.45, 2.75) is 19.8 Å². The number of primary amides is 1. The van der Waals surface area contributed by atoms with Crippen molar-refractivity contribution in [3.8, 4) is 0 Å². The minimum Gasteiger partial charge on any atom is -0.366 e. The highest BCUT2D eigenvalue weighted by Gasteiger charge is 2.29. The van der Waals surface area contributed by atoms with E-state index >= 15 is 0 Å². The van der Waals surface area contributed by atoms with Crippen LogP contribution in [0.15, 0.2) is 36.4 Å². The number of halogens is 2. The van der Waals surface area contributed by atoms with E-state index in [0.717, 1.165) is 11.6 Å². The van der Waals surface area contributed by atoms with Gasteiger partial charge in [-0.25, -0.2) is 8.78 Å². The lowest BCUT2D eigenvalue weighted by Gasteiger charge is -2.32. The predicted octanol–water partition coefficient (Wildman–Crippen LogP) is 2.86. The van der Waals surface area contributed by atoms with Crippen LogP contribution in [0, 0.1) is 24.5 Å². The van der Waals surface area contributed by atoms with Crippen molar-refractivity contribution >= 4 is 23.4 Å². The summed E-state index contributed by atoms with van der Waals surface area (Å²) in [5, 5.41) is 2.38. The average Bonchev–Trinajstić information content (AvgIpc) is 2.69. The molecule has 0 spiro atoms. The van der Waals surface area contributed by atoms with Gasteiger partial charge >= 0.3 is 0 Å². The molecule has 0 saturated carbocycles. The minimum atomic E-state index is -1.10. The molecule has 0 aromatic heterocycles. The van der Waals surface area contributed by atoms with E-state index in [2.05, 4.69) is 5.32 Å². The molecule has 2 aromatic carbocycles. The molecule has 3 rings (SSSR count). The van der Waals surface area contributed by atoms with E-state index in [1.54, 1.807) is 17.0 Å². The summed E-state index contributed by atoms with van der Waals surface area (Å²) in [5.41, 5.74) is 5.80. The summed E-state index contributed by atoms with van der Waals surface area (Å²) >= 11 is 0. The summed E-state index contributed by atoms with van der Waals surface area (Å²) in [4.78, 5) is 38.1. The summed E-state index contributed by atoms with van der Waals surface area (Å²) in [5.74, 6) is -4.41. The van der Waals surface area contributed by atoms with E-state index in [9.17, 15) is 23.2 Å². The standard InChI is InChI=1S/C21H21F2N3O3/c1-12-4-6-13(7-5-12)21(29)26-8-2-3-14(11-26)20(28)25-18-9-15(19(24)27)16(22)10-17(18)23/h4-7,9-10,14H,2-3,8,11H2,1H3,(H2,24,27)(H,25,28). The molecule has 3 amide bonds. The third-order valence-electron chi connectivity index (χ3n) is 4.96. The highest BCUT2D eigenvalue weighted by atomic mass is 19.1. The van der Waals surface area contributed by atoms with Gasteiger partial charge in [0.05, 0.1) is 17.2 Å². The fourth-order valence-corrected chi connectivity index (χ4v) is 3.32. The number of likely N-dealkylation sites (tertiary alicyclic amines) is 1. The number of aryl methyl sites for hydroxylation is 1. The molecule has 0 aliphatic carbocycles. The first kappa shape index (κ1) is 20.4. The highest BCUT2D eigenvalue weighted by molar-refractivity contribution is 5.98. The molecule has 6 nitrogen and oxygen atoms in total. The van der Waals surface area contributed by atoms with E-state index in [0.29, 0.717) is 31.0 Å². The zero-order chi connectivity index (χ0) is 21.1. The van der Waals surface area contributed by atoms with Crippen molar-refractivity contribution in [1.29, 1.82) is 0 Å². The number of piperidine rings is 1. The number of carbonyl (C=O) groups is 3. The maximum atomic E-state index is 14.0. The molecule has 0 radical (unpaired) electrons. The Hall–Kier alpha value is -3.29. The molecule has 1 aliphatic rings. The van der Waals surface area contributed by atoms with Crippen molar-refractivity contribution in [1.82, 2.24) is 4.90 Å². The number of amides is 3. The molecule has 1 atom stereocenters. The average molecular weight is 401 g/mol. The Morgan fingerprint density at radius 3 is 2.45 bits per heavy atom. The second-order valence-electron chi connectivity index (χ2n) is 7.12. The molecule has 8 heteroatoms. The van der Waals surface area contributed by atoms with Crippen molar-refractivity contribution in [3.05, 3.63) is 64.7 Å². The van der Waals surface area contributed by atoms with Crippen LogP contribution in [0.4, 0.5) is 14.5 Å². The number of rotatable bonds is 4. The van der Waals surface area contributed by atoms with Gasteiger partial charge in [0.25, 0.3) is 11.8 Å². The lowest BCUT2D eigenvalue weighted by molar-refractivity contribution is -0.121. The fourth-order valence-electron chi connectivity index (χ4n) is 3.32. The predicted molar refractivity (Wildman–Crippen MR) is 103 cm³/mol.